The van der Waals surface area contributed by atoms with E-state index in [1.165, 1.54) is 6.08 Å². The van der Waals surface area contributed by atoms with Gasteiger partial charge < -0.3 is 14.6 Å². The van der Waals surface area contributed by atoms with Crippen LogP contribution >= 0.6 is 0 Å². The van der Waals surface area contributed by atoms with Crippen LogP contribution < -0.4 is 9.84 Å². The molecule has 0 amide bonds. The van der Waals surface area contributed by atoms with Gasteiger partial charge in [-0.25, -0.2) is 0 Å². The van der Waals surface area contributed by atoms with Gasteiger partial charge in [-0.1, -0.05) is 24.3 Å². The van der Waals surface area contributed by atoms with Crippen LogP contribution in [0, 0.1) is 0 Å². The number of para-hydroxylation sites is 1. The van der Waals surface area contributed by atoms with E-state index in [2.05, 4.69) is 0 Å². The lowest BCUT2D eigenvalue weighted by atomic mass is 10.1. The lowest BCUT2D eigenvalue weighted by molar-refractivity contribution is -0.311. The Labute approximate surface area is 75.3 Å². The van der Waals surface area contributed by atoms with Gasteiger partial charge in [-0.05, 0) is 12.1 Å². The van der Waals surface area contributed by atoms with Crippen LogP contribution in [0.3, 0.4) is 0 Å². The summed E-state index contributed by atoms with van der Waals surface area (Å²) in [4.78, 5) is 10.5. The van der Waals surface area contributed by atoms with Crippen LogP contribution in [-0.4, -0.2) is 12.1 Å². The van der Waals surface area contributed by atoms with E-state index in [-0.39, 0.29) is 0 Å². The average Bonchev–Trinajstić information content (AvgIpc) is 2.17. The molecule has 1 aromatic rings. The van der Waals surface area contributed by atoms with Gasteiger partial charge in [-0.15, -0.1) is 0 Å². The Morgan fingerprint density at radius 1 is 1.38 bits per heavy atom. The monoisotopic (exact) mass is 175 g/mol. The second-order valence-corrected chi connectivity index (χ2v) is 2.75. The highest BCUT2D eigenvalue weighted by Crippen LogP contribution is 2.24. The zero-order valence-corrected chi connectivity index (χ0v) is 6.77. The second kappa shape index (κ2) is 2.94. The van der Waals surface area contributed by atoms with Crippen LogP contribution in [0.5, 0.6) is 5.75 Å². The number of carboxylic acid groups (broad SMARTS) is 1. The van der Waals surface area contributed by atoms with E-state index in [0.717, 1.165) is 5.56 Å². The third-order valence-corrected chi connectivity index (χ3v) is 1.86. The van der Waals surface area contributed by atoms with Crippen molar-refractivity contribution in [3.05, 3.63) is 35.9 Å². The molecule has 2 rings (SSSR count). The normalized spacial score (nSPS) is 18.9. The molecule has 0 aliphatic carbocycles. The topological polar surface area (TPSA) is 49.4 Å². The van der Waals surface area contributed by atoms with Gasteiger partial charge in [0.05, 0.1) is 5.97 Å². The molecule has 66 valence electrons. The summed E-state index contributed by atoms with van der Waals surface area (Å²) in [5.41, 5.74) is 0.889. The fraction of sp³-hybridized carbons (Fsp3) is 0.100. The predicted molar refractivity (Wildman–Crippen MR) is 44.9 cm³/mol. The molecule has 13 heavy (non-hydrogen) atoms. The smallest absolute Gasteiger partial charge is 0.156 e. The molecule has 0 spiro atoms. The Kier molecular flexibility index (Phi) is 1.77. The zero-order chi connectivity index (χ0) is 9.26. The molecule has 3 nitrogen and oxygen atoms in total. The van der Waals surface area contributed by atoms with E-state index in [0.29, 0.717) is 5.75 Å². The maximum atomic E-state index is 10.5. The van der Waals surface area contributed by atoms with Crippen molar-refractivity contribution in [2.24, 2.45) is 0 Å². The van der Waals surface area contributed by atoms with Gasteiger partial charge in [-0.3, -0.25) is 0 Å². The number of aliphatic carboxylic acids is 1. The molecule has 1 aliphatic rings. The summed E-state index contributed by atoms with van der Waals surface area (Å²) in [6.45, 7) is 0. The first kappa shape index (κ1) is 7.86. The largest absolute Gasteiger partial charge is 0.546 e. The van der Waals surface area contributed by atoms with E-state index < -0.39 is 12.1 Å². The number of carbonyl (C=O) groups is 1. The Balaban J connectivity index is 2.34. The number of carboxylic acids is 1. The minimum Gasteiger partial charge on any atom is -0.546 e. The molecule has 0 saturated carbocycles. The zero-order valence-electron chi connectivity index (χ0n) is 6.77. The van der Waals surface area contributed by atoms with Crippen LogP contribution in [0.2, 0.25) is 0 Å². The summed E-state index contributed by atoms with van der Waals surface area (Å²) >= 11 is 0. The number of fused-ring (bicyclic) bond motifs is 1. The standard InChI is InChI=1S/C10H8O3/c11-10(12)9-6-5-7-3-1-2-4-8(7)13-9/h1-6,9H,(H,11,12)/p-1. The molecular formula is C10H7O3-. The molecule has 1 heterocycles. The van der Waals surface area contributed by atoms with Crippen LogP contribution in [0.15, 0.2) is 30.3 Å². The molecular weight excluding hydrogens is 168 g/mol. The molecule has 0 radical (unpaired) electrons. The van der Waals surface area contributed by atoms with Crippen LogP contribution in [0.1, 0.15) is 5.56 Å². The van der Waals surface area contributed by atoms with Gasteiger partial charge in [0, 0.05) is 5.56 Å². The number of hydrogen-bond acceptors (Lipinski definition) is 3. The van der Waals surface area contributed by atoms with Crippen molar-refractivity contribution < 1.29 is 14.6 Å². The highest BCUT2D eigenvalue weighted by atomic mass is 16.5. The highest BCUT2D eigenvalue weighted by molar-refractivity contribution is 5.77. The molecule has 1 aromatic carbocycles. The van der Waals surface area contributed by atoms with E-state index in [1.54, 1.807) is 18.2 Å². The Hall–Kier alpha value is -1.77. The lowest BCUT2D eigenvalue weighted by Gasteiger charge is -2.21. The van der Waals surface area contributed by atoms with Crippen molar-refractivity contribution in [3.63, 3.8) is 0 Å². The van der Waals surface area contributed by atoms with Gasteiger partial charge in [0.15, 0.2) is 6.10 Å². The van der Waals surface area contributed by atoms with Crippen molar-refractivity contribution in [1.29, 1.82) is 0 Å². The highest BCUT2D eigenvalue weighted by Gasteiger charge is 2.13. The quantitative estimate of drug-likeness (QED) is 0.613. The third kappa shape index (κ3) is 1.40. The predicted octanol–water partition coefficient (Wildman–Crippen LogP) is 0.211. The molecule has 0 saturated heterocycles. The first-order valence-corrected chi connectivity index (χ1v) is 3.92. The molecule has 1 aliphatic heterocycles. The molecule has 0 bridgehead atoms. The van der Waals surface area contributed by atoms with Crippen LogP contribution in [0.4, 0.5) is 0 Å². The minimum absolute atomic E-state index is 0.583. The van der Waals surface area contributed by atoms with E-state index >= 15 is 0 Å². The fourth-order valence-corrected chi connectivity index (χ4v) is 1.22. The average molecular weight is 175 g/mol. The van der Waals surface area contributed by atoms with Crippen molar-refractivity contribution in [3.8, 4) is 5.75 Å². The fourth-order valence-electron chi connectivity index (χ4n) is 1.22. The van der Waals surface area contributed by atoms with Crippen molar-refractivity contribution >= 4 is 12.0 Å². The summed E-state index contributed by atoms with van der Waals surface area (Å²) in [6.07, 6.45) is 2.23. The van der Waals surface area contributed by atoms with Gasteiger partial charge in [0.2, 0.25) is 0 Å². The van der Waals surface area contributed by atoms with Gasteiger partial charge in [0.1, 0.15) is 5.75 Å². The number of ether oxygens (including phenoxy) is 1. The Morgan fingerprint density at radius 2 is 2.15 bits per heavy atom. The Morgan fingerprint density at radius 3 is 2.92 bits per heavy atom. The first-order chi connectivity index (χ1) is 6.27. The third-order valence-electron chi connectivity index (χ3n) is 1.86. The summed E-state index contributed by atoms with van der Waals surface area (Å²) in [5, 5.41) is 10.5. The van der Waals surface area contributed by atoms with Crippen molar-refractivity contribution in [2.45, 2.75) is 6.10 Å². The van der Waals surface area contributed by atoms with Crippen molar-refractivity contribution in [1.82, 2.24) is 0 Å². The lowest BCUT2D eigenvalue weighted by Crippen LogP contribution is -2.39. The number of hydrogen-bond donors (Lipinski definition) is 0. The van der Waals surface area contributed by atoms with E-state index in [4.69, 9.17) is 4.74 Å². The van der Waals surface area contributed by atoms with Gasteiger partial charge >= 0.3 is 0 Å². The van der Waals surface area contributed by atoms with Gasteiger partial charge in [0.25, 0.3) is 0 Å². The van der Waals surface area contributed by atoms with E-state index in [9.17, 15) is 9.90 Å². The second-order valence-electron chi connectivity index (χ2n) is 2.75. The number of carbonyl (C=O) groups excluding carboxylic acids is 1. The number of rotatable bonds is 1. The summed E-state index contributed by atoms with van der Waals surface area (Å²) in [5.74, 6) is -0.634. The molecule has 1 atom stereocenters. The maximum Gasteiger partial charge on any atom is 0.156 e. The molecule has 1 unspecified atom stereocenters. The minimum atomic E-state index is -1.22. The van der Waals surface area contributed by atoms with Gasteiger partial charge in [-0.2, -0.15) is 0 Å². The van der Waals surface area contributed by atoms with E-state index in [1.807, 2.05) is 12.1 Å². The first-order valence-electron chi connectivity index (χ1n) is 3.92. The molecule has 0 fully saturated rings. The molecule has 3 heteroatoms. The molecule has 0 N–H and O–H groups in total. The van der Waals surface area contributed by atoms with Crippen LogP contribution in [-0.2, 0) is 4.79 Å². The van der Waals surface area contributed by atoms with Crippen LogP contribution in [0.25, 0.3) is 6.08 Å². The number of benzene rings is 1. The summed E-state index contributed by atoms with van der Waals surface area (Å²) < 4.78 is 5.14. The molecule has 0 aromatic heterocycles. The summed E-state index contributed by atoms with van der Waals surface area (Å²) in [7, 11) is 0. The summed E-state index contributed by atoms with van der Waals surface area (Å²) in [6, 6.07) is 7.25. The maximum absolute atomic E-state index is 10.5. The van der Waals surface area contributed by atoms with Crippen molar-refractivity contribution in [2.75, 3.05) is 0 Å². The SMILES string of the molecule is O=C([O-])C1C=Cc2ccccc2O1. The Bertz CT molecular complexity index is 368.